The van der Waals surface area contributed by atoms with Gasteiger partial charge in [-0.1, -0.05) is 12.1 Å². The highest BCUT2D eigenvalue weighted by molar-refractivity contribution is 7.17. The Balaban J connectivity index is 2.42. The summed E-state index contributed by atoms with van der Waals surface area (Å²) in [7, 11) is 0. The normalized spacial score (nSPS) is 10.4. The van der Waals surface area contributed by atoms with Gasteiger partial charge in [0.1, 0.15) is 5.82 Å². The van der Waals surface area contributed by atoms with E-state index in [-0.39, 0.29) is 5.82 Å². The fraction of sp³-hybridized carbons (Fsp3) is 0.0833. The summed E-state index contributed by atoms with van der Waals surface area (Å²) in [5.74, 6) is -0.699. The van der Waals surface area contributed by atoms with Gasteiger partial charge >= 0.3 is 0 Å². The van der Waals surface area contributed by atoms with Gasteiger partial charge in [0.2, 0.25) is 0 Å². The van der Waals surface area contributed by atoms with Crippen molar-refractivity contribution < 1.29 is 9.18 Å². The number of aryl methyl sites for hydroxylation is 1. The van der Waals surface area contributed by atoms with Crippen LogP contribution in [0.25, 0.3) is 10.4 Å². The number of benzene rings is 1. The van der Waals surface area contributed by atoms with E-state index in [9.17, 15) is 9.18 Å². The Kier molecular flexibility index (Phi) is 2.75. The van der Waals surface area contributed by atoms with Crippen molar-refractivity contribution >= 4 is 17.2 Å². The minimum Gasteiger partial charge on any atom is -0.365 e. The standard InChI is InChI=1S/C12H10FNOS/c1-7-2-3-8(6-9(7)13)10-4-5-11(16-10)12(14)15/h2-6H,1H3,(H2,14,15). The Labute approximate surface area is 96.5 Å². The smallest absolute Gasteiger partial charge is 0.258 e. The molecule has 1 aromatic heterocycles. The summed E-state index contributed by atoms with van der Waals surface area (Å²) in [4.78, 5) is 12.2. The van der Waals surface area contributed by atoms with E-state index in [2.05, 4.69) is 0 Å². The topological polar surface area (TPSA) is 43.1 Å². The summed E-state index contributed by atoms with van der Waals surface area (Å²) in [6, 6.07) is 8.43. The predicted octanol–water partition coefficient (Wildman–Crippen LogP) is 2.96. The average Bonchev–Trinajstić information content (AvgIpc) is 2.71. The molecule has 2 nitrogen and oxygen atoms in total. The molecule has 0 saturated carbocycles. The van der Waals surface area contributed by atoms with E-state index >= 15 is 0 Å². The number of thiophene rings is 1. The van der Waals surface area contributed by atoms with Crippen LogP contribution in [-0.2, 0) is 0 Å². The molecule has 0 radical (unpaired) electrons. The second kappa shape index (κ2) is 4.06. The molecule has 4 heteroatoms. The molecule has 0 aliphatic rings. The number of rotatable bonds is 2. The van der Waals surface area contributed by atoms with Gasteiger partial charge < -0.3 is 5.73 Å². The van der Waals surface area contributed by atoms with Crippen LogP contribution in [-0.4, -0.2) is 5.91 Å². The summed E-state index contributed by atoms with van der Waals surface area (Å²) in [5, 5.41) is 0. The Hall–Kier alpha value is -1.68. The zero-order chi connectivity index (χ0) is 11.7. The molecule has 0 fully saturated rings. The van der Waals surface area contributed by atoms with E-state index in [1.54, 1.807) is 25.1 Å². The molecule has 2 N–H and O–H groups in total. The SMILES string of the molecule is Cc1ccc(-c2ccc(C(N)=O)s2)cc1F. The first-order chi connectivity index (χ1) is 7.58. The first-order valence-electron chi connectivity index (χ1n) is 4.74. The number of carbonyl (C=O) groups excluding carboxylic acids is 1. The number of halogens is 1. The van der Waals surface area contributed by atoms with Crippen LogP contribution in [0, 0.1) is 12.7 Å². The van der Waals surface area contributed by atoms with Crippen LogP contribution in [0.4, 0.5) is 4.39 Å². The van der Waals surface area contributed by atoms with E-state index in [1.807, 2.05) is 6.07 Å². The van der Waals surface area contributed by atoms with Crippen molar-refractivity contribution in [1.29, 1.82) is 0 Å². The zero-order valence-electron chi connectivity index (χ0n) is 8.66. The van der Waals surface area contributed by atoms with Crippen LogP contribution in [0.15, 0.2) is 30.3 Å². The van der Waals surface area contributed by atoms with Gasteiger partial charge in [0.05, 0.1) is 4.88 Å². The van der Waals surface area contributed by atoms with Crippen molar-refractivity contribution in [2.45, 2.75) is 6.92 Å². The van der Waals surface area contributed by atoms with Crippen LogP contribution >= 0.6 is 11.3 Å². The molecule has 0 aliphatic carbocycles. The number of hydrogen-bond donors (Lipinski definition) is 1. The lowest BCUT2D eigenvalue weighted by molar-refractivity contribution is 0.100. The van der Waals surface area contributed by atoms with Crippen LogP contribution in [0.2, 0.25) is 0 Å². The van der Waals surface area contributed by atoms with Gasteiger partial charge in [0.25, 0.3) is 5.91 Å². The highest BCUT2D eigenvalue weighted by atomic mass is 32.1. The van der Waals surface area contributed by atoms with Crippen LogP contribution in [0.5, 0.6) is 0 Å². The number of nitrogens with two attached hydrogens (primary N) is 1. The van der Waals surface area contributed by atoms with E-state index in [4.69, 9.17) is 5.73 Å². The second-order valence-corrected chi connectivity index (χ2v) is 4.58. The molecule has 0 spiro atoms. The first kappa shape index (κ1) is 10.8. The second-order valence-electron chi connectivity index (χ2n) is 3.49. The van der Waals surface area contributed by atoms with Gasteiger partial charge in [-0.25, -0.2) is 4.39 Å². The predicted molar refractivity (Wildman–Crippen MR) is 63.0 cm³/mol. The van der Waals surface area contributed by atoms with Gasteiger partial charge in [-0.2, -0.15) is 0 Å². The molecule has 0 bridgehead atoms. The van der Waals surface area contributed by atoms with Crippen molar-refractivity contribution in [2.24, 2.45) is 5.73 Å². The third kappa shape index (κ3) is 1.97. The van der Waals surface area contributed by atoms with Crippen molar-refractivity contribution in [3.63, 3.8) is 0 Å². The number of hydrogen-bond acceptors (Lipinski definition) is 2. The monoisotopic (exact) mass is 235 g/mol. The number of primary amides is 1. The molecular weight excluding hydrogens is 225 g/mol. The Morgan fingerprint density at radius 2 is 2.06 bits per heavy atom. The molecule has 0 saturated heterocycles. The zero-order valence-corrected chi connectivity index (χ0v) is 9.48. The lowest BCUT2D eigenvalue weighted by Gasteiger charge is -2.00. The lowest BCUT2D eigenvalue weighted by Crippen LogP contribution is -2.07. The maximum Gasteiger partial charge on any atom is 0.258 e. The van der Waals surface area contributed by atoms with Gasteiger partial charge in [-0.15, -0.1) is 11.3 Å². The molecule has 0 unspecified atom stereocenters. The van der Waals surface area contributed by atoms with Crippen LogP contribution in [0.1, 0.15) is 15.2 Å². The fourth-order valence-corrected chi connectivity index (χ4v) is 2.23. The molecule has 82 valence electrons. The molecule has 0 atom stereocenters. The van der Waals surface area contributed by atoms with Gasteiger partial charge in [0, 0.05) is 4.88 Å². The van der Waals surface area contributed by atoms with E-state index in [1.165, 1.54) is 17.4 Å². The van der Waals surface area contributed by atoms with Gasteiger partial charge in [0.15, 0.2) is 0 Å². The van der Waals surface area contributed by atoms with Crippen molar-refractivity contribution in [3.8, 4) is 10.4 Å². The Morgan fingerprint density at radius 3 is 2.62 bits per heavy atom. The van der Waals surface area contributed by atoms with E-state index in [0.29, 0.717) is 10.4 Å². The summed E-state index contributed by atoms with van der Waals surface area (Å²) >= 11 is 1.27. The molecule has 2 aromatic rings. The van der Waals surface area contributed by atoms with Crippen molar-refractivity contribution in [3.05, 3.63) is 46.6 Å². The molecule has 1 amide bonds. The maximum absolute atomic E-state index is 13.3. The third-order valence-electron chi connectivity index (χ3n) is 2.31. The quantitative estimate of drug-likeness (QED) is 0.854. The van der Waals surface area contributed by atoms with Crippen molar-refractivity contribution in [2.75, 3.05) is 0 Å². The maximum atomic E-state index is 13.3. The molecule has 0 aliphatic heterocycles. The summed E-state index contributed by atoms with van der Waals surface area (Å²) in [6.45, 7) is 1.71. The lowest BCUT2D eigenvalue weighted by atomic mass is 10.1. The van der Waals surface area contributed by atoms with E-state index in [0.717, 1.165) is 10.4 Å². The van der Waals surface area contributed by atoms with Gasteiger partial charge in [-0.05, 0) is 36.2 Å². The Bertz CT molecular complexity index is 548. The van der Waals surface area contributed by atoms with Crippen molar-refractivity contribution in [1.82, 2.24) is 0 Å². The number of carbonyl (C=O) groups is 1. The molecule has 1 heterocycles. The third-order valence-corrected chi connectivity index (χ3v) is 3.45. The molecule has 16 heavy (non-hydrogen) atoms. The minimum absolute atomic E-state index is 0.244. The van der Waals surface area contributed by atoms with Gasteiger partial charge in [-0.3, -0.25) is 4.79 Å². The van der Waals surface area contributed by atoms with Crippen LogP contribution < -0.4 is 5.73 Å². The average molecular weight is 235 g/mol. The minimum atomic E-state index is -0.455. The Morgan fingerprint density at radius 1 is 1.31 bits per heavy atom. The number of amides is 1. The first-order valence-corrected chi connectivity index (χ1v) is 5.56. The molecular formula is C12H10FNOS. The fourth-order valence-electron chi connectivity index (χ4n) is 1.37. The molecule has 2 rings (SSSR count). The van der Waals surface area contributed by atoms with Crippen LogP contribution in [0.3, 0.4) is 0 Å². The summed E-state index contributed by atoms with van der Waals surface area (Å²) in [5.41, 5.74) is 6.53. The summed E-state index contributed by atoms with van der Waals surface area (Å²) < 4.78 is 13.3. The summed E-state index contributed by atoms with van der Waals surface area (Å²) in [6.07, 6.45) is 0. The molecule has 1 aromatic carbocycles. The van der Waals surface area contributed by atoms with E-state index < -0.39 is 5.91 Å². The highest BCUT2D eigenvalue weighted by Gasteiger charge is 2.08. The highest BCUT2D eigenvalue weighted by Crippen LogP contribution is 2.28. The largest absolute Gasteiger partial charge is 0.365 e.